The van der Waals surface area contributed by atoms with E-state index in [0.29, 0.717) is 6.04 Å². The summed E-state index contributed by atoms with van der Waals surface area (Å²) in [7, 11) is 0. The number of hydrogen-bond acceptors (Lipinski definition) is 2. The van der Waals surface area contributed by atoms with Crippen LogP contribution in [0.1, 0.15) is 45.7 Å². The van der Waals surface area contributed by atoms with Crippen LogP contribution in [0.5, 0.6) is 0 Å². The highest BCUT2D eigenvalue weighted by atomic mass is 79.9. The molecule has 0 saturated heterocycles. The number of rotatable bonds is 7. The van der Waals surface area contributed by atoms with E-state index in [9.17, 15) is 0 Å². The van der Waals surface area contributed by atoms with Gasteiger partial charge < -0.3 is 0 Å². The molecule has 0 atom stereocenters. The Bertz CT molecular complexity index is 309. The van der Waals surface area contributed by atoms with Crippen molar-refractivity contribution in [1.82, 2.24) is 9.88 Å². The fourth-order valence-corrected chi connectivity index (χ4v) is 2.03. The van der Waals surface area contributed by atoms with Crippen LogP contribution in [0.2, 0.25) is 0 Å². The van der Waals surface area contributed by atoms with Gasteiger partial charge >= 0.3 is 0 Å². The Morgan fingerprint density at radius 2 is 2.06 bits per heavy atom. The van der Waals surface area contributed by atoms with E-state index >= 15 is 0 Å². The van der Waals surface area contributed by atoms with Crippen molar-refractivity contribution < 1.29 is 0 Å². The molecule has 0 N–H and O–H groups in total. The van der Waals surface area contributed by atoms with Gasteiger partial charge in [0.05, 0.1) is 5.69 Å². The van der Waals surface area contributed by atoms with Gasteiger partial charge in [0, 0.05) is 23.3 Å². The highest BCUT2D eigenvalue weighted by molar-refractivity contribution is 9.10. The molecule has 2 nitrogen and oxygen atoms in total. The molecule has 0 unspecified atom stereocenters. The van der Waals surface area contributed by atoms with Gasteiger partial charge in [0.15, 0.2) is 0 Å². The molecule has 1 heterocycles. The van der Waals surface area contributed by atoms with Crippen molar-refractivity contribution in [3.63, 3.8) is 0 Å². The molecule has 1 aromatic rings. The second-order valence-electron chi connectivity index (χ2n) is 4.74. The lowest BCUT2D eigenvalue weighted by Crippen LogP contribution is -2.31. The van der Waals surface area contributed by atoms with Gasteiger partial charge in [-0.15, -0.1) is 0 Å². The molecule has 3 heteroatoms. The van der Waals surface area contributed by atoms with Crippen molar-refractivity contribution in [1.29, 1.82) is 0 Å². The monoisotopic (exact) mass is 298 g/mol. The van der Waals surface area contributed by atoms with Crippen LogP contribution in [0, 0.1) is 0 Å². The summed E-state index contributed by atoms with van der Waals surface area (Å²) < 4.78 is 1.04. The van der Waals surface area contributed by atoms with Gasteiger partial charge in [0.1, 0.15) is 0 Å². The SMILES string of the molecule is CCCCCN(Cc1ccc(Br)cn1)C(C)C. The zero-order valence-electron chi connectivity index (χ0n) is 11.1. The predicted molar refractivity (Wildman–Crippen MR) is 77.0 cm³/mol. The molecule has 0 aliphatic carbocycles. The Labute approximate surface area is 114 Å². The minimum absolute atomic E-state index is 0.581. The zero-order chi connectivity index (χ0) is 12.7. The van der Waals surface area contributed by atoms with Crippen LogP contribution in [0.3, 0.4) is 0 Å². The van der Waals surface area contributed by atoms with Crippen LogP contribution < -0.4 is 0 Å². The Morgan fingerprint density at radius 1 is 1.29 bits per heavy atom. The van der Waals surface area contributed by atoms with E-state index in [4.69, 9.17) is 0 Å². The first-order chi connectivity index (χ1) is 8.13. The summed E-state index contributed by atoms with van der Waals surface area (Å²) in [6, 6.07) is 4.74. The minimum Gasteiger partial charge on any atom is -0.295 e. The largest absolute Gasteiger partial charge is 0.295 e. The standard InChI is InChI=1S/C14H23BrN2/c1-4-5-6-9-17(12(2)3)11-14-8-7-13(15)10-16-14/h7-8,10,12H,4-6,9,11H2,1-3H3. The summed E-state index contributed by atoms with van der Waals surface area (Å²) in [6.45, 7) is 8.88. The van der Waals surface area contributed by atoms with Gasteiger partial charge in [-0.2, -0.15) is 0 Å². The molecule has 0 aromatic carbocycles. The third-order valence-electron chi connectivity index (χ3n) is 2.93. The van der Waals surface area contributed by atoms with E-state index in [1.165, 1.54) is 25.8 Å². The number of aromatic nitrogens is 1. The summed E-state index contributed by atoms with van der Waals surface area (Å²) in [5.41, 5.74) is 1.15. The molecular weight excluding hydrogens is 276 g/mol. The lowest BCUT2D eigenvalue weighted by molar-refractivity contribution is 0.206. The van der Waals surface area contributed by atoms with Gasteiger partial charge in [-0.3, -0.25) is 9.88 Å². The van der Waals surface area contributed by atoms with Crippen molar-refractivity contribution in [2.75, 3.05) is 6.54 Å². The van der Waals surface area contributed by atoms with E-state index in [0.717, 1.165) is 16.7 Å². The Balaban J connectivity index is 2.51. The molecule has 0 aliphatic rings. The Hall–Kier alpha value is -0.410. The summed E-state index contributed by atoms with van der Waals surface area (Å²) in [4.78, 5) is 6.93. The van der Waals surface area contributed by atoms with E-state index in [1.54, 1.807) is 0 Å². The fourth-order valence-electron chi connectivity index (χ4n) is 1.79. The molecule has 0 amide bonds. The van der Waals surface area contributed by atoms with Crippen molar-refractivity contribution in [2.45, 2.75) is 52.6 Å². The van der Waals surface area contributed by atoms with Gasteiger partial charge in [-0.25, -0.2) is 0 Å². The first-order valence-corrected chi connectivity index (χ1v) is 7.27. The second-order valence-corrected chi connectivity index (χ2v) is 5.65. The summed E-state index contributed by atoms with van der Waals surface area (Å²) in [6.07, 6.45) is 5.75. The van der Waals surface area contributed by atoms with Crippen LogP contribution in [0.15, 0.2) is 22.8 Å². The Morgan fingerprint density at radius 3 is 2.59 bits per heavy atom. The third-order valence-corrected chi connectivity index (χ3v) is 3.40. The molecule has 0 radical (unpaired) electrons. The lowest BCUT2D eigenvalue weighted by Gasteiger charge is -2.26. The van der Waals surface area contributed by atoms with Crippen LogP contribution in [0.4, 0.5) is 0 Å². The average Bonchev–Trinajstić information content (AvgIpc) is 2.30. The number of halogens is 1. The highest BCUT2D eigenvalue weighted by Gasteiger charge is 2.10. The van der Waals surface area contributed by atoms with Gasteiger partial charge in [0.2, 0.25) is 0 Å². The summed E-state index contributed by atoms with van der Waals surface area (Å²) >= 11 is 3.42. The first-order valence-electron chi connectivity index (χ1n) is 6.48. The topological polar surface area (TPSA) is 16.1 Å². The minimum atomic E-state index is 0.581. The maximum atomic E-state index is 4.44. The molecular formula is C14H23BrN2. The fraction of sp³-hybridized carbons (Fsp3) is 0.643. The normalized spacial score (nSPS) is 11.4. The van der Waals surface area contributed by atoms with E-state index < -0.39 is 0 Å². The third kappa shape index (κ3) is 5.64. The van der Waals surface area contributed by atoms with E-state index in [-0.39, 0.29) is 0 Å². The molecule has 0 saturated carbocycles. The van der Waals surface area contributed by atoms with Crippen molar-refractivity contribution >= 4 is 15.9 Å². The molecule has 96 valence electrons. The predicted octanol–water partition coefficient (Wildman–Crippen LogP) is 4.24. The molecule has 0 spiro atoms. The average molecular weight is 299 g/mol. The molecule has 0 aliphatic heterocycles. The number of unbranched alkanes of at least 4 members (excludes halogenated alkanes) is 2. The van der Waals surface area contributed by atoms with Crippen molar-refractivity contribution in [3.8, 4) is 0 Å². The highest BCUT2D eigenvalue weighted by Crippen LogP contribution is 2.11. The zero-order valence-corrected chi connectivity index (χ0v) is 12.7. The van der Waals surface area contributed by atoms with Crippen molar-refractivity contribution in [3.05, 3.63) is 28.5 Å². The summed E-state index contributed by atoms with van der Waals surface area (Å²) in [5, 5.41) is 0. The van der Waals surface area contributed by atoms with Crippen LogP contribution in [-0.4, -0.2) is 22.5 Å². The second kappa shape index (κ2) is 7.83. The maximum Gasteiger partial charge on any atom is 0.0544 e. The number of pyridine rings is 1. The molecule has 0 bridgehead atoms. The maximum absolute atomic E-state index is 4.44. The molecule has 1 aromatic heterocycles. The van der Waals surface area contributed by atoms with E-state index in [2.05, 4.69) is 58.7 Å². The molecule has 0 fully saturated rings. The van der Waals surface area contributed by atoms with Gasteiger partial charge in [0.25, 0.3) is 0 Å². The van der Waals surface area contributed by atoms with Gasteiger partial charge in [-0.05, 0) is 54.9 Å². The number of hydrogen-bond donors (Lipinski definition) is 0. The molecule has 1 rings (SSSR count). The first kappa shape index (κ1) is 14.7. The van der Waals surface area contributed by atoms with Gasteiger partial charge in [-0.1, -0.05) is 19.8 Å². The van der Waals surface area contributed by atoms with Crippen LogP contribution in [0.25, 0.3) is 0 Å². The summed E-state index contributed by atoms with van der Waals surface area (Å²) in [5.74, 6) is 0. The van der Waals surface area contributed by atoms with Crippen LogP contribution >= 0.6 is 15.9 Å². The van der Waals surface area contributed by atoms with E-state index in [1.807, 2.05) is 6.20 Å². The lowest BCUT2D eigenvalue weighted by atomic mass is 10.2. The molecule has 17 heavy (non-hydrogen) atoms. The van der Waals surface area contributed by atoms with Crippen LogP contribution in [-0.2, 0) is 6.54 Å². The quantitative estimate of drug-likeness (QED) is 0.700. The number of nitrogens with zero attached hydrogens (tertiary/aromatic N) is 2. The smallest absolute Gasteiger partial charge is 0.0544 e. The van der Waals surface area contributed by atoms with Crippen molar-refractivity contribution in [2.24, 2.45) is 0 Å². The Kier molecular flexibility index (Phi) is 6.75.